The van der Waals surface area contributed by atoms with Gasteiger partial charge in [-0.25, -0.2) is 4.79 Å². The molecular weight excluding hydrogens is 523 g/mol. The Kier molecular flexibility index (Phi) is 14.5. The summed E-state index contributed by atoms with van der Waals surface area (Å²) in [4.78, 5) is 18.8. The number of nitrogens with zero attached hydrogens (tertiary/aromatic N) is 2. The molecule has 0 spiro atoms. The molecule has 2 fully saturated rings. The summed E-state index contributed by atoms with van der Waals surface area (Å²) in [5.74, 6) is 2.01. The molecule has 0 aromatic heterocycles. The van der Waals surface area contributed by atoms with E-state index in [0.29, 0.717) is 11.8 Å². The van der Waals surface area contributed by atoms with E-state index in [4.69, 9.17) is 19.2 Å². The van der Waals surface area contributed by atoms with Crippen LogP contribution in [-0.2, 0) is 14.2 Å². The van der Waals surface area contributed by atoms with Crippen molar-refractivity contribution in [2.75, 3.05) is 59.2 Å². The van der Waals surface area contributed by atoms with Gasteiger partial charge in [0.1, 0.15) is 5.60 Å². The van der Waals surface area contributed by atoms with Crippen molar-refractivity contribution < 1.29 is 19.0 Å². The fourth-order valence-electron chi connectivity index (χ4n) is 3.73. The van der Waals surface area contributed by atoms with Crippen molar-refractivity contribution in [3.63, 3.8) is 0 Å². The first kappa shape index (κ1) is 29.2. The van der Waals surface area contributed by atoms with Gasteiger partial charge in [-0.1, -0.05) is 0 Å². The van der Waals surface area contributed by atoms with Crippen LogP contribution >= 0.6 is 24.0 Å². The molecule has 9 heteroatoms. The van der Waals surface area contributed by atoms with Crippen molar-refractivity contribution in [1.82, 2.24) is 15.5 Å². The lowest BCUT2D eigenvalue weighted by molar-refractivity contribution is 0.0187. The smallest absolute Gasteiger partial charge is 0.410 e. The van der Waals surface area contributed by atoms with Crippen molar-refractivity contribution in [3.05, 3.63) is 0 Å². The van der Waals surface area contributed by atoms with E-state index in [1.165, 1.54) is 0 Å². The molecule has 8 nitrogen and oxygen atoms in total. The predicted molar refractivity (Wildman–Crippen MR) is 139 cm³/mol. The van der Waals surface area contributed by atoms with Crippen molar-refractivity contribution >= 4 is 36.0 Å². The topological polar surface area (TPSA) is 84.4 Å². The number of aliphatic imine (C=N–C) groups is 1. The van der Waals surface area contributed by atoms with Gasteiger partial charge in [0.15, 0.2) is 5.96 Å². The van der Waals surface area contributed by atoms with Crippen LogP contribution in [0, 0.1) is 11.8 Å². The Morgan fingerprint density at radius 2 is 1.78 bits per heavy atom. The SMILES string of the molecule is CCNC(=NCC1CCN(C(=O)OC(C)(C)C)CC1)NCCCOCC1CCOCC1.I. The molecule has 0 aromatic rings. The Labute approximate surface area is 211 Å². The highest BCUT2D eigenvalue weighted by atomic mass is 127. The van der Waals surface area contributed by atoms with Gasteiger partial charge in [-0.2, -0.15) is 0 Å². The molecule has 2 N–H and O–H groups in total. The summed E-state index contributed by atoms with van der Waals surface area (Å²) >= 11 is 0. The first-order valence-corrected chi connectivity index (χ1v) is 12.0. The van der Waals surface area contributed by atoms with Gasteiger partial charge in [0.2, 0.25) is 0 Å². The van der Waals surface area contributed by atoms with Gasteiger partial charge in [-0.3, -0.25) is 4.99 Å². The summed E-state index contributed by atoms with van der Waals surface area (Å²) < 4.78 is 16.7. The van der Waals surface area contributed by atoms with Crippen LogP contribution in [0.15, 0.2) is 4.99 Å². The molecule has 1 amide bonds. The average molecular weight is 569 g/mol. The molecule has 0 aromatic carbocycles. The Bertz CT molecular complexity index is 543. The maximum atomic E-state index is 12.2. The van der Waals surface area contributed by atoms with Gasteiger partial charge in [0.25, 0.3) is 0 Å². The summed E-state index contributed by atoms with van der Waals surface area (Å²) in [5.41, 5.74) is -0.444. The number of amides is 1. The third-order valence-electron chi connectivity index (χ3n) is 5.57. The van der Waals surface area contributed by atoms with Gasteiger partial charge in [-0.15, -0.1) is 24.0 Å². The van der Waals surface area contributed by atoms with E-state index < -0.39 is 5.60 Å². The number of ether oxygens (including phenoxy) is 3. The summed E-state index contributed by atoms with van der Waals surface area (Å²) in [6.07, 6.45) is 4.91. The number of piperidine rings is 1. The van der Waals surface area contributed by atoms with E-state index in [2.05, 4.69) is 17.6 Å². The quantitative estimate of drug-likeness (QED) is 0.191. The molecular formula is C23H45IN4O4. The molecule has 188 valence electrons. The first-order chi connectivity index (χ1) is 14.9. The molecule has 2 heterocycles. The highest BCUT2D eigenvalue weighted by Crippen LogP contribution is 2.20. The Morgan fingerprint density at radius 1 is 1.09 bits per heavy atom. The third kappa shape index (κ3) is 12.4. The molecule has 2 saturated heterocycles. The van der Waals surface area contributed by atoms with Gasteiger partial charge in [-0.05, 0) is 71.6 Å². The normalized spacial score (nSPS) is 18.8. The minimum Gasteiger partial charge on any atom is -0.444 e. The van der Waals surface area contributed by atoms with E-state index in [1.807, 2.05) is 25.7 Å². The van der Waals surface area contributed by atoms with Gasteiger partial charge >= 0.3 is 6.09 Å². The lowest BCUT2D eigenvalue weighted by atomic mass is 9.97. The van der Waals surface area contributed by atoms with Crippen molar-refractivity contribution in [2.24, 2.45) is 16.8 Å². The molecule has 0 atom stereocenters. The van der Waals surface area contributed by atoms with E-state index in [-0.39, 0.29) is 30.1 Å². The molecule has 2 aliphatic rings. The highest BCUT2D eigenvalue weighted by molar-refractivity contribution is 14.0. The minimum atomic E-state index is -0.444. The first-order valence-electron chi connectivity index (χ1n) is 12.0. The number of hydrogen-bond donors (Lipinski definition) is 2. The molecule has 0 saturated carbocycles. The van der Waals surface area contributed by atoms with Crippen molar-refractivity contribution in [1.29, 1.82) is 0 Å². The van der Waals surface area contributed by atoms with Crippen LogP contribution in [0.2, 0.25) is 0 Å². The molecule has 0 unspecified atom stereocenters. The number of nitrogens with one attached hydrogen (secondary N) is 2. The molecule has 0 radical (unpaired) electrons. The average Bonchev–Trinajstić information content (AvgIpc) is 2.74. The Balaban J connectivity index is 0.00000512. The summed E-state index contributed by atoms with van der Waals surface area (Å²) in [6, 6.07) is 0. The largest absolute Gasteiger partial charge is 0.444 e. The number of carbonyl (C=O) groups is 1. The van der Waals surface area contributed by atoms with Crippen LogP contribution in [0.4, 0.5) is 4.79 Å². The van der Waals surface area contributed by atoms with Gasteiger partial charge in [0, 0.05) is 59.2 Å². The van der Waals surface area contributed by atoms with Crippen LogP contribution in [0.3, 0.4) is 0 Å². The third-order valence-corrected chi connectivity index (χ3v) is 5.57. The van der Waals surface area contributed by atoms with Gasteiger partial charge < -0.3 is 29.7 Å². The summed E-state index contributed by atoms with van der Waals surface area (Å²) in [7, 11) is 0. The standard InChI is InChI=1S/C23H44N4O4.HI/c1-5-24-21(25-11-6-14-30-18-20-9-15-29-16-10-20)26-17-19-7-12-27(13-8-19)22(28)31-23(2,3)4;/h19-20H,5-18H2,1-4H3,(H2,24,25,26);1H. The zero-order valence-corrected chi connectivity index (χ0v) is 22.8. The molecule has 2 aliphatic heterocycles. The predicted octanol–water partition coefficient (Wildman–Crippen LogP) is 3.64. The number of likely N-dealkylation sites (tertiary alicyclic amines) is 1. The van der Waals surface area contributed by atoms with E-state index in [0.717, 1.165) is 97.2 Å². The fourth-order valence-corrected chi connectivity index (χ4v) is 3.73. The Hall–Kier alpha value is -0.810. The van der Waals surface area contributed by atoms with Crippen LogP contribution in [0.1, 0.15) is 59.8 Å². The fraction of sp³-hybridized carbons (Fsp3) is 0.913. The van der Waals surface area contributed by atoms with Crippen LogP contribution < -0.4 is 10.6 Å². The van der Waals surface area contributed by atoms with Crippen LogP contribution in [0.5, 0.6) is 0 Å². The maximum Gasteiger partial charge on any atom is 0.410 e. The van der Waals surface area contributed by atoms with Crippen molar-refractivity contribution in [2.45, 2.75) is 65.4 Å². The monoisotopic (exact) mass is 568 g/mol. The van der Waals surface area contributed by atoms with E-state index >= 15 is 0 Å². The van der Waals surface area contributed by atoms with E-state index in [9.17, 15) is 4.79 Å². The number of halogens is 1. The minimum absolute atomic E-state index is 0. The lowest BCUT2D eigenvalue weighted by Gasteiger charge is -2.33. The van der Waals surface area contributed by atoms with Crippen molar-refractivity contribution in [3.8, 4) is 0 Å². The van der Waals surface area contributed by atoms with Gasteiger partial charge in [0.05, 0.1) is 0 Å². The zero-order chi connectivity index (χ0) is 22.5. The number of rotatable bonds is 9. The molecule has 0 bridgehead atoms. The maximum absolute atomic E-state index is 12.2. The second-order valence-electron chi connectivity index (χ2n) is 9.54. The van der Waals surface area contributed by atoms with Crippen LogP contribution in [0.25, 0.3) is 0 Å². The molecule has 32 heavy (non-hydrogen) atoms. The summed E-state index contributed by atoms with van der Waals surface area (Å²) in [6.45, 7) is 15.1. The zero-order valence-electron chi connectivity index (χ0n) is 20.5. The summed E-state index contributed by atoms with van der Waals surface area (Å²) in [5, 5.41) is 6.72. The number of guanidine groups is 1. The van der Waals surface area contributed by atoms with E-state index in [1.54, 1.807) is 0 Å². The molecule has 2 rings (SSSR count). The highest BCUT2D eigenvalue weighted by Gasteiger charge is 2.26. The molecule has 0 aliphatic carbocycles. The Morgan fingerprint density at radius 3 is 2.41 bits per heavy atom. The second-order valence-corrected chi connectivity index (χ2v) is 9.54. The van der Waals surface area contributed by atoms with Crippen LogP contribution in [-0.4, -0.2) is 81.7 Å². The lowest BCUT2D eigenvalue weighted by Crippen LogP contribution is -2.42. The number of carbonyl (C=O) groups excluding carboxylic acids is 1. The number of hydrogen-bond acceptors (Lipinski definition) is 5. The second kappa shape index (κ2) is 15.9.